The Kier molecular flexibility index (Phi) is 8.24. The van der Waals surface area contributed by atoms with Gasteiger partial charge in [-0.2, -0.15) is 0 Å². The van der Waals surface area contributed by atoms with Crippen molar-refractivity contribution in [1.82, 2.24) is 24.8 Å². The van der Waals surface area contributed by atoms with Gasteiger partial charge in [0, 0.05) is 51.5 Å². The van der Waals surface area contributed by atoms with Gasteiger partial charge in [-0.3, -0.25) is 19.5 Å². The summed E-state index contributed by atoms with van der Waals surface area (Å²) < 4.78 is 20.4. The van der Waals surface area contributed by atoms with Gasteiger partial charge in [0.2, 0.25) is 11.9 Å². The molecule has 1 aliphatic carbocycles. The zero-order valence-electron chi connectivity index (χ0n) is 22.8. The number of rotatable bonds is 9. The second kappa shape index (κ2) is 12.0. The number of piperazine rings is 1. The van der Waals surface area contributed by atoms with Crippen LogP contribution in [0.5, 0.6) is 0 Å². The molecule has 1 aliphatic heterocycles. The SMILES string of the molecule is COC[C@H](C(=O)Nc1cccc2c1CC=C2c1nc(Nc2ccc(C(C)=O)nc2)ncc1F)N1CCN(C)CC1. The summed E-state index contributed by atoms with van der Waals surface area (Å²) in [5.74, 6) is -0.623. The van der Waals surface area contributed by atoms with Crippen LogP contribution in [0.1, 0.15) is 34.2 Å². The predicted molar refractivity (Wildman–Crippen MR) is 150 cm³/mol. The van der Waals surface area contributed by atoms with E-state index in [0.29, 0.717) is 35.7 Å². The van der Waals surface area contributed by atoms with Gasteiger partial charge in [-0.1, -0.05) is 18.2 Å². The Labute approximate surface area is 232 Å². The number of hydrogen-bond donors (Lipinski definition) is 2. The number of likely N-dealkylation sites (N-methyl/N-ethyl adjacent to an activating group) is 1. The number of amides is 1. The van der Waals surface area contributed by atoms with Crippen molar-refractivity contribution in [3.63, 3.8) is 0 Å². The molecule has 0 unspecified atom stereocenters. The van der Waals surface area contributed by atoms with Crippen molar-refractivity contribution < 1.29 is 18.7 Å². The number of anilines is 3. The number of carbonyl (C=O) groups is 2. The first-order valence-corrected chi connectivity index (χ1v) is 13.2. The summed E-state index contributed by atoms with van der Waals surface area (Å²) in [6.07, 6.45) is 5.05. The summed E-state index contributed by atoms with van der Waals surface area (Å²) in [6, 6.07) is 8.49. The number of ether oxygens (including phenoxy) is 1. The minimum Gasteiger partial charge on any atom is -0.383 e. The molecule has 40 heavy (non-hydrogen) atoms. The first-order valence-electron chi connectivity index (χ1n) is 13.2. The molecular weight excluding hydrogens is 513 g/mol. The van der Waals surface area contributed by atoms with Gasteiger partial charge in [0.1, 0.15) is 17.4 Å². The highest BCUT2D eigenvalue weighted by Crippen LogP contribution is 2.37. The molecule has 5 rings (SSSR count). The van der Waals surface area contributed by atoms with E-state index in [-0.39, 0.29) is 23.3 Å². The van der Waals surface area contributed by atoms with Gasteiger partial charge in [0.05, 0.1) is 24.7 Å². The summed E-state index contributed by atoms with van der Waals surface area (Å²) in [4.78, 5) is 41.9. The number of halogens is 1. The minimum absolute atomic E-state index is 0.127. The van der Waals surface area contributed by atoms with Crippen molar-refractivity contribution in [3.8, 4) is 0 Å². The number of pyridine rings is 1. The normalized spacial score (nSPS) is 16.2. The topological polar surface area (TPSA) is 113 Å². The number of hydrogen-bond acceptors (Lipinski definition) is 9. The lowest BCUT2D eigenvalue weighted by molar-refractivity contribution is -0.124. The molecule has 0 saturated carbocycles. The molecule has 3 aromatic rings. The summed E-state index contributed by atoms with van der Waals surface area (Å²) in [6.45, 7) is 5.10. The van der Waals surface area contributed by atoms with E-state index >= 15 is 0 Å². The summed E-state index contributed by atoms with van der Waals surface area (Å²) >= 11 is 0. The van der Waals surface area contributed by atoms with Gasteiger partial charge >= 0.3 is 0 Å². The molecule has 1 atom stereocenters. The van der Waals surface area contributed by atoms with E-state index in [1.807, 2.05) is 24.3 Å². The summed E-state index contributed by atoms with van der Waals surface area (Å²) in [7, 11) is 3.67. The van der Waals surface area contributed by atoms with Gasteiger partial charge in [0.15, 0.2) is 11.6 Å². The molecule has 3 heterocycles. The molecule has 0 radical (unpaired) electrons. The van der Waals surface area contributed by atoms with E-state index in [9.17, 15) is 14.0 Å². The van der Waals surface area contributed by atoms with Crippen LogP contribution in [0, 0.1) is 5.82 Å². The highest BCUT2D eigenvalue weighted by atomic mass is 19.1. The number of Topliss-reactive ketones (excluding diaryl/α,β-unsaturated/α-hetero) is 1. The Balaban J connectivity index is 1.35. The Morgan fingerprint density at radius 2 is 1.90 bits per heavy atom. The lowest BCUT2D eigenvalue weighted by Gasteiger charge is -2.36. The van der Waals surface area contributed by atoms with Crippen LogP contribution < -0.4 is 10.6 Å². The molecule has 1 aromatic carbocycles. The number of allylic oxidation sites excluding steroid dienone is 1. The number of methoxy groups -OCH3 is 1. The molecule has 2 N–H and O–H groups in total. The largest absolute Gasteiger partial charge is 0.383 e. The van der Waals surface area contributed by atoms with E-state index < -0.39 is 11.9 Å². The van der Waals surface area contributed by atoms with Crippen molar-refractivity contribution in [2.45, 2.75) is 19.4 Å². The number of carbonyl (C=O) groups excluding carboxylic acids is 2. The van der Waals surface area contributed by atoms with Crippen LogP contribution in [0.4, 0.5) is 21.7 Å². The summed E-state index contributed by atoms with van der Waals surface area (Å²) in [5.41, 5.74) is 4.09. The fraction of sp³-hybridized carbons (Fsp3) is 0.345. The van der Waals surface area contributed by atoms with Crippen molar-refractivity contribution in [2.75, 3.05) is 57.6 Å². The van der Waals surface area contributed by atoms with Crippen LogP contribution in [0.15, 0.2) is 48.8 Å². The van der Waals surface area contributed by atoms with Gasteiger partial charge in [0.25, 0.3) is 0 Å². The molecule has 2 aromatic heterocycles. The van der Waals surface area contributed by atoms with Crippen LogP contribution in [0.2, 0.25) is 0 Å². The van der Waals surface area contributed by atoms with Crippen molar-refractivity contribution in [2.24, 2.45) is 0 Å². The van der Waals surface area contributed by atoms with E-state index in [2.05, 4.69) is 42.4 Å². The third-order valence-electron chi connectivity index (χ3n) is 7.22. The van der Waals surface area contributed by atoms with E-state index in [1.165, 1.54) is 13.1 Å². The number of ketones is 1. The molecule has 1 saturated heterocycles. The average molecular weight is 546 g/mol. The standard InChI is InChI=1S/C29H32FN7O3/c1-18(38)24-10-7-19(15-31-24)33-29-32-16-23(30)27(35-29)22-9-8-21-20(22)5-4-6-25(21)34-28(39)26(17-40-3)37-13-11-36(2)12-14-37/h4-7,9-10,15-16,26H,8,11-14,17H2,1-3H3,(H,34,39)(H,32,33,35)/t26-/m1/s1. The molecule has 10 nitrogen and oxygen atoms in total. The summed E-state index contributed by atoms with van der Waals surface area (Å²) in [5, 5.41) is 6.12. The number of fused-ring (bicyclic) bond motifs is 1. The van der Waals surface area contributed by atoms with Crippen molar-refractivity contribution >= 4 is 34.6 Å². The van der Waals surface area contributed by atoms with E-state index in [1.54, 1.807) is 19.2 Å². The van der Waals surface area contributed by atoms with Crippen LogP contribution in [0.3, 0.4) is 0 Å². The second-order valence-corrected chi connectivity index (χ2v) is 9.96. The second-order valence-electron chi connectivity index (χ2n) is 9.96. The monoisotopic (exact) mass is 545 g/mol. The smallest absolute Gasteiger partial charge is 0.244 e. The first kappa shape index (κ1) is 27.5. The minimum atomic E-state index is -0.556. The quantitative estimate of drug-likeness (QED) is 0.392. The first-order chi connectivity index (χ1) is 19.3. The average Bonchev–Trinajstić information content (AvgIpc) is 3.38. The number of benzene rings is 1. The number of nitrogens with one attached hydrogen (secondary N) is 2. The maximum atomic E-state index is 15.0. The third-order valence-corrected chi connectivity index (χ3v) is 7.22. The zero-order valence-corrected chi connectivity index (χ0v) is 22.8. The van der Waals surface area contributed by atoms with Crippen molar-refractivity contribution in [1.29, 1.82) is 0 Å². The molecule has 0 bridgehead atoms. The van der Waals surface area contributed by atoms with Gasteiger partial charge in [-0.15, -0.1) is 0 Å². The maximum Gasteiger partial charge on any atom is 0.244 e. The van der Waals surface area contributed by atoms with Gasteiger partial charge < -0.3 is 20.3 Å². The molecule has 0 spiro atoms. The lowest BCUT2D eigenvalue weighted by Crippen LogP contribution is -2.54. The van der Waals surface area contributed by atoms with Crippen LogP contribution in [0.25, 0.3) is 5.57 Å². The highest BCUT2D eigenvalue weighted by Gasteiger charge is 2.30. The highest BCUT2D eigenvalue weighted by molar-refractivity contribution is 5.97. The molecule has 1 amide bonds. The van der Waals surface area contributed by atoms with E-state index in [4.69, 9.17) is 4.74 Å². The Morgan fingerprint density at radius 1 is 1.10 bits per heavy atom. The zero-order chi connectivity index (χ0) is 28.2. The number of aromatic nitrogens is 3. The fourth-order valence-electron chi connectivity index (χ4n) is 4.99. The number of nitrogens with zero attached hydrogens (tertiary/aromatic N) is 5. The van der Waals surface area contributed by atoms with Crippen LogP contribution >= 0.6 is 0 Å². The Hall–Kier alpha value is -4.06. The van der Waals surface area contributed by atoms with Crippen LogP contribution in [-0.2, 0) is 16.0 Å². The molecule has 2 aliphatic rings. The Morgan fingerprint density at radius 3 is 2.60 bits per heavy atom. The maximum absolute atomic E-state index is 15.0. The molecule has 208 valence electrons. The fourth-order valence-corrected chi connectivity index (χ4v) is 4.99. The van der Waals surface area contributed by atoms with E-state index in [0.717, 1.165) is 43.5 Å². The van der Waals surface area contributed by atoms with Gasteiger partial charge in [-0.05, 0) is 42.8 Å². The predicted octanol–water partition coefficient (Wildman–Crippen LogP) is 3.15. The molecule has 11 heteroatoms. The van der Waals surface area contributed by atoms with Crippen LogP contribution in [-0.4, -0.2) is 89.4 Å². The van der Waals surface area contributed by atoms with Gasteiger partial charge in [-0.25, -0.2) is 14.4 Å². The lowest BCUT2D eigenvalue weighted by atomic mass is 10.0. The molecular formula is C29H32FN7O3. The third kappa shape index (κ3) is 5.91. The molecule has 1 fully saturated rings. The van der Waals surface area contributed by atoms with Crippen molar-refractivity contribution in [3.05, 3.63) is 77.1 Å². The Bertz CT molecular complexity index is 1440.